The van der Waals surface area contributed by atoms with Gasteiger partial charge in [0.05, 0.1) is 24.3 Å². The monoisotopic (exact) mass is 264 g/mol. The summed E-state index contributed by atoms with van der Waals surface area (Å²) in [5.41, 5.74) is 0.0653. The van der Waals surface area contributed by atoms with Gasteiger partial charge in [0, 0.05) is 0 Å². The normalized spacial score (nSPS) is 20.7. The molecule has 0 saturated carbocycles. The van der Waals surface area contributed by atoms with Gasteiger partial charge in [-0.3, -0.25) is 0 Å². The molecule has 0 aromatic heterocycles. The minimum atomic E-state index is -0.541. The van der Waals surface area contributed by atoms with Crippen molar-refractivity contribution >= 4 is 11.9 Å². The highest BCUT2D eigenvalue weighted by molar-refractivity contribution is 6.03. The summed E-state index contributed by atoms with van der Waals surface area (Å²) < 4.78 is 15.2. The molecule has 1 aromatic carbocycles. The lowest BCUT2D eigenvalue weighted by molar-refractivity contribution is 0.0395. The van der Waals surface area contributed by atoms with E-state index in [-0.39, 0.29) is 29.9 Å². The first-order valence-electron chi connectivity index (χ1n) is 6.13. The summed E-state index contributed by atoms with van der Waals surface area (Å²) in [7, 11) is 0. The van der Waals surface area contributed by atoms with Gasteiger partial charge in [0.25, 0.3) is 0 Å². The molecule has 0 radical (unpaired) electrons. The zero-order valence-electron chi connectivity index (χ0n) is 11.0. The minimum absolute atomic E-state index is 0.184. The number of carbonyl (C=O) groups is 2. The van der Waals surface area contributed by atoms with E-state index in [4.69, 9.17) is 14.2 Å². The van der Waals surface area contributed by atoms with Gasteiger partial charge in [0.2, 0.25) is 0 Å². The average molecular weight is 264 g/mol. The van der Waals surface area contributed by atoms with Crippen molar-refractivity contribution in [1.29, 1.82) is 0 Å². The molecule has 1 aliphatic rings. The third-order valence-electron chi connectivity index (χ3n) is 2.79. The Balaban J connectivity index is 2.09. The van der Waals surface area contributed by atoms with Crippen molar-refractivity contribution in [3.05, 3.63) is 35.4 Å². The van der Waals surface area contributed by atoms with Gasteiger partial charge in [0.1, 0.15) is 12.2 Å². The van der Waals surface area contributed by atoms with E-state index in [2.05, 4.69) is 0 Å². The van der Waals surface area contributed by atoms with Crippen LogP contribution in [0.25, 0.3) is 0 Å². The molecule has 1 aromatic rings. The van der Waals surface area contributed by atoms with Gasteiger partial charge in [-0.25, -0.2) is 9.59 Å². The van der Waals surface area contributed by atoms with Gasteiger partial charge in [-0.05, 0) is 26.0 Å². The summed E-state index contributed by atoms with van der Waals surface area (Å²) in [6.45, 7) is 4.60. The lowest BCUT2D eigenvalue weighted by Gasteiger charge is -2.10. The fourth-order valence-electron chi connectivity index (χ4n) is 1.55. The molecule has 1 heterocycles. The number of hydrogen-bond donors (Lipinski definition) is 0. The molecule has 2 rings (SSSR count). The Morgan fingerprint density at radius 1 is 1.21 bits per heavy atom. The van der Waals surface area contributed by atoms with Crippen LogP contribution in [0.3, 0.4) is 0 Å². The Bertz CT molecular complexity index is 490. The highest BCUT2D eigenvalue weighted by Crippen LogP contribution is 2.26. The first kappa shape index (κ1) is 13.5. The molecular formula is C14H16O5. The lowest BCUT2D eigenvalue weighted by atomic mass is 10.1. The Morgan fingerprint density at radius 2 is 1.74 bits per heavy atom. The summed E-state index contributed by atoms with van der Waals surface area (Å²) >= 11 is 0. The Kier molecular flexibility index (Phi) is 3.85. The van der Waals surface area contributed by atoms with E-state index in [1.165, 1.54) is 0 Å². The highest BCUT2D eigenvalue weighted by Gasteiger charge is 2.41. The predicted molar refractivity (Wildman–Crippen MR) is 67.0 cm³/mol. The third kappa shape index (κ3) is 3.32. The largest absolute Gasteiger partial charge is 0.462 e. The molecule has 1 unspecified atom stereocenters. The molecule has 1 atom stereocenters. The van der Waals surface area contributed by atoms with Gasteiger partial charge in [-0.1, -0.05) is 12.1 Å². The van der Waals surface area contributed by atoms with Crippen molar-refractivity contribution in [3.8, 4) is 0 Å². The first-order valence-corrected chi connectivity index (χ1v) is 6.13. The van der Waals surface area contributed by atoms with Crippen LogP contribution < -0.4 is 0 Å². The number of carbonyl (C=O) groups excluding carboxylic acids is 2. The molecule has 19 heavy (non-hydrogen) atoms. The smallest absolute Gasteiger partial charge is 0.339 e. The van der Waals surface area contributed by atoms with Crippen molar-refractivity contribution in [2.75, 3.05) is 19.8 Å². The molecule has 1 aliphatic heterocycles. The molecule has 102 valence electrons. The van der Waals surface area contributed by atoms with E-state index in [0.717, 1.165) is 0 Å². The van der Waals surface area contributed by atoms with E-state index in [0.29, 0.717) is 6.61 Å². The Labute approximate surface area is 111 Å². The molecule has 1 saturated heterocycles. The molecular weight excluding hydrogens is 248 g/mol. The number of epoxide rings is 1. The SMILES string of the molecule is CCOC(=O)c1ccccc1C(=O)OCC1(C)CO1. The number of esters is 2. The van der Waals surface area contributed by atoms with Crippen LogP contribution in [0.5, 0.6) is 0 Å². The third-order valence-corrected chi connectivity index (χ3v) is 2.79. The van der Waals surface area contributed by atoms with Gasteiger partial charge in [0.15, 0.2) is 0 Å². The molecule has 0 aliphatic carbocycles. The van der Waals surface area contributed by atoms with Gasteiger partial charge in [-0.15, -0.1) is 0 Å². The van der Waals surface area contributed by atoms with Crippen molar-refractivity contribution in [2.45, 2.75) is 19.4 Å². The number of benzene rings is 1. The molecule has 5 nitrogen and oxygen atoms in total. The zero-order chi connectivity index (χ0) is 13.9. The number of rotatable bonds is 5. The van der Waals surface area contributed by atoms with Gasteiger partial charge < -0.3 is 14.2 Å². The van der Waals surface area contributed by atoms with Crippen molar-refractivity contribution < 1.29 is 23.8 Å². The lowest BCUT2D eigenvalue weighted by Crippen LogP contribution is -2.20. The van der Waals surface area contributed by atoms with E-state index in [9.17, 15) is 9.59 Å². The van der Waals surface area contributed by atoms with Crippen LogP contribution in [-0.4, -0.2) is 37.4 Å². The van der Waals surface area contributed by atoms with Crippen LogP contribution in [0, 0.1) is 0 Å². The topological polar surface area (TPSA) is 65.1 Å². The Hall–Kier alpha value is -1.88. The molecule has 5 heteroatoms. The average Bonchev–Trinajstić information content (AvgIpc) is 3.15. The van der Waals surface area contributed by atoms with Gasteiger partial charge >= 0.3 is 11.9 Å². The van der Waals surface area contributed by atoms with Crippen LogP contribution in [0.2, 0.25) is 0 Å². The maximum atomic E-state index is 12.0. The van der Waals surface area contributed by atoms with Crippen LogP contribution in [0.15, 0.2) is 24.3 Å². The van der Waals surface area contributed by atoms with E-state index >= 15 is 0 Å². The maximum Gasteiger partial charge on any atom is 0.339 e. The summed E-state index contributed by atoms with van der Waals surface area (Å²) in [6.07, 6.45) is 0. The quantitative estimate of drug-likeness (QED) is 0.599. The van der Waals surface area contributed by atoms with Crippen LogP contribution in [0.4, 0.5) is 0 Å². The molecule has 0 bridgehead atoms. The predicted octanol–water partition coefficient (Wildman–Crippen LogP) is 1.81. The highest BCUT2D eigenvalue weighted by atomic mass is 16.6. The van der Waals surface area contributed by atoms with E-state index in [1.807, 2.05) is 6.92 Å². The maximum absolute atomic E-state index is 12.0. The molecule has 1 fully saturated rings. The molecule has 0 amide bonds. The fourth-order valence-corrected chi connectivity index (χ4v) is 1.55. The van der Waals surface area contributed by atoms with Crippen LogP contribution in [-0.2, 0) is 14.2 Å². The summed E-state index contributed by atoms with van der Waals surface area (Å²) in [5.74, 6) is -1.07. The second kappa shape index (κ2) is 5.40. The Morgan fingerprint density at radius 3 is 2.21 bits per heavy atom. The fraction of sp³-hybridized carbons (Fsp3) is 0.429. The number of hydrogen-bond acceptors (Lipinski definition) is 5. The molecule has 0 N–H and O–H groups in total. The van der Waals surface area contributed by atoms with Crippen LogP contribution >= 0.6 is 0 Å². The molecule has 0 spiro atoms. The van der Waals surface area contributed by atoms with Crippen molar-refractivity contribution in [1.82, 2.24) is 0 Å². The summed E-state index contributed by atoms with van der Waals surface area (Å²) in [6, 6.07) is 6.44. The standard InChI is InChI=1S/C14H16O5/c1-3-17-12(15)10-6-4-5-7-11(10)13(16)18-8-14(2)9-19-14/h4-7H,3,8-9H2,1-2H3. The van der Waals surface area contributed by atoms with E-state index in [1.54, 1.807) is 31.2 Å². The van der Waals surface area contributed by atoms with Crippen LogP contribution in [0.1, 0.15) is 34.6 Å². The number of ether oxygens (including phenoxy) is 3. The van der Waals surface area contributed by atoms with E-state index < -0.39 is 11.9 Å². The minimum Gasteiger partial charge on any atom is -0.462 e. The summed E-state index contributed by atoms with van der Waals surface area (Å²) in [4.78, 5) is 23.7. The summed E-state index contributed by atoms with van der Waals surface area (Å²) in [5, 5.41) is 0. The first-order chi connectivity index (χ1) is 9.06. The second-order valence-corrected chi connectivity index (χ2v) is 4.58. The zero-order valence-corrected chi connectivity index (χ0v) is 11.0. The second-order valence-electron chi connectivity index (χ2n) is 4.58. The van der Waals surface area contributed by atoms with Crippen molar-refractivity contribution in [2.24, 2.45) is 0 Å². The van der Waals surface area contributed by atoms with Crippen molar-refractivity contribution in [3.63, 3.8) is 0 Å². The van der Waals surface area contributed by atoms with Gasteiger partial charge in [-0.2, -0.15) is 0 Å².